The van der Waals surface area contributed by atoms with Crippen LogP contribution < -0.4 is 5.32 Å². The molecule has 0 saturated heterocycles. The number of anilines is 1. The van der Waals surface area contributed by atoms with Gasteiger partial charge in [0, 0.05) is 4.90 Å². The molecule has 5 heteroatoms. The van der Waals surface area contributed by atoms with Crippen molar-refractivity contribution >= 4 is 29.3 Å². The summed E-state index contributed by atoms with van der Waals surface area (Å²) in [4.78, 5) is 23.4. The van der Waals surface area contributed by atoms with Crippen LogP contribution in [0.1, 0.15) is 17.5 Å². The number of rotatable bonds is 2. The second-order valence-corrected chi connectivity index (χ2v) is 5.39. The fraction of sp³-hybridized carbons (Fsp3) is 0.333. The predicted octanol–water partition coefficient (Wildman–Crippen LogP) is 2.19. The van der Waals surface area contributed by atoms with Crippen LogP contribution in [0.4, 0.5) is 5.69 Å². The van der Waals surface area contributed by atoms with Gasteiger partial charge in [-0.15, -0.1) is 11.8 Å². The second-order valence-electron chi connectivity index (χ2n) is 4.15. The van der Waals surface area contributed by atoms with Gasteiger partial charge in [0.15, 0.2) is 0 Å². The zero-order valence-electron chi connectivity index (χ0n) is 9.61. The fourth-order valence-corrected chi connectivity index (χ4v) is 3.17. The Morgan fingerprint density at radius 1 is 1.47 bits per heavy atom. The highest BCUT2D eigenvalue weighted by Gasteiger charge is 2.29. The van der Waals surface area contributed by atoms with E-state index in [4.69, 9.17) is 5.11 Å². The topological polar surface area (TPSA) is 66.4 Å². The molecule has 0 saturated carbocycles. The molecule has 1 aromatic carbocycles. The van der Waals surface area contributed by atoms with Crippen molar-refractivity contribution in [2.45, 2.75) is 30.4 Å². The minimum absolute atomic E-state index is 0.150. The highest BCUT2D eigenvalue weighted by Crippen LogP contribution is 2.39. The van der Waals surface area contributed by atoms with E-state index in [1.54, 1.807) is 0 Å². The number of nitrogens with one attached hydrogen (secondary N) is 1. The van der Waals surface area contributed by atoms with E-state index < -0.39 is 11.2 Å². The molecule has 1 aliphatic rings. The Hall–Kier alpha value is -1.49. The maximum atomic E-state index is 11.7. The Morgan fingerprint density at radius 2 is 2.18 bits per heavy atom. The Morgan fingerprint density at radius 3 is 2.82 bits per heavy atom. The fourth-order valence-electron chi connectivity index (χ4n) is 1.89. The van der Waals surface area contributed by atoms with Crippen molar-refractivity contribution in [3.8, 4) is 0 Å². The maximum absolute atomic E-state index is 11.7. The summed E-state index contributed by atoms with van der Waals surface area (Å²) < 4.78 is 0. The summed E-state index contributed by atoms with van der Waals surface area (Å²) >= 11 is 1.33. The summed E-state index contributed by atoms with van der Waals surface area (Å²) in [6.07, 6.45) is -0.150. The van der Waals surface area contributed by atoms with Crippen LogP contribution in [-0.2, 0) is 9.59 Å². The molecule has 90 valence electrons. The van der Waals surface area contributed by atoms with E-state index in [2.05, 4.69) is 5.32 Å². The van der Waals surface area contributed by atoms with Crippen molar-refractivity contribution in [1.29, 1.82) is 0 Å². The number of hydrogen-bond donors (Lipinski definition) is 2. The second kappa shape index (κ2) is 4.41. The lowest BCUT2D eigenvalue weighted by atomic mass is 10.1. The molecule has 1 unspecified atom stereocenters. The average Bonchev–Trinajstić information content (AvgIpc) is 2.20. The Labute approximate surface area is 103 Å². The Balaban J connectivity index is 2.34. The third-order valence-electron chi connectivity index (χ3n) is 2.61. The minimum atomic E-state index is -0.953. The molecule has 0 aromatic heterocycles. The molecule has 0 radical (unpaired) electrons. The third kappa shape index (κ3) is 2.44. The van der Waals surface area contributed by atoms with Gasteiger partial charge in [0.2, 0.25) is 5.91 Å². The smallest absolute Gasteiger partial charge is 0.305 e. The van der Waals surface area contributed by atoms with E-state index in [1.807, 2.05) is 26.0 Å². The van der Waals surface area contributed by atoms with Crippen LogP contribution in [-0.4, -0.2) is 22.2 Å². The van der Waals surface area contributed by atoms with Gasteiger partial charge in [0.25, 0.3) is 0 Å². The zero-order chi connectivity index (χ0) is 12.6. The highest BCUT2D eigenvalue weighted by molar-refractivity contribution is 8.01. The number of thioether (sulfide) groups is 1. The van der Waals surface area contributed by atoms with Gasteiger partial charge < -0.3 is 10.4 Å². The van der Waals surface area contributed by atoms with Crippen LogP contribution >= 0.6 is 11.8 Å². The van der Waals surface area contributed by atoms with Crippen LogP contribution in [0.3, 0.4) is 0 Å². The summed E-state index contributed by atoms with van der Waals surface area (Å²) in [6, 6.07) is 3.97. The molecule has 1 amide bonds. The van der Waals surface area contributed by atoms with E-state index in [9.17, 15) is 9.59 Å². The van der Waals surface area contributed by atoms with E-state index in [1.165, 1.54) is 11.8 Å². The standard InChI is InChI=1S/C12H13NO3S/c1-6-3-7(2)11-8(4-6)17-9(5-10(14)15)12(16)13-11/h3-4,9H,5H2,1-2H3,(H,13,16)(H,14,15). The van der Waals surface area contributed by atoms with Crippen LogP contribution in [0.25, 0.3) is 0 Å². The number of aryl methyl sites for hydroxylation is 2. The summed E-state index contributed by atoms with van der Waals surface area (Å²) in [7, 11) is 0. The summed E-state index contributed by atoms with van der Waals surface area (Å²) in [6.45, 7) is 3.92. The number of aliphatic carboxylic acids is 1. The molecule has 0 fully saturated rings. The largest absolute Gasteiger partial charge is 0.481 e. The van der Waals surface area contributed by atoms with Crippen LogP contribution in [0.5, 0.6) is 0 Å². The molecule has 4 nitrogen and oxygen atoms in total. The SMILES string of the molecule is Cc1cc(C)c2c(c1)SC(CC(=O)O)C(=O)N2. The Bertz CT molecular complexity index is 499. The van der Waals surface area contributed by atoms with Crippen molar-refractivity contribution < 1.29 is 14.7 Å². The molecular formula is C12H13NO3S. The van der Waals surface area contributed by atoms with Gasteiger partial charge in [-0.05, 0) is 31.0 Å². The number of benzene rings is 1. The zero-order valence-corrected chi connectivity index (χ0v) is 10.4. The van der Waals surface area contributed by atoms with Crippen LogP contribution in [0, 0.1) is 13.8 Å². The van der Waals surface area contributed by atoms with E-state index in [-0.39, 0.29) is 12.3 Å². The molecule has 1 aromatic rings. The van der Waals surface area contributed by atoms with Crippen molar-refractivity contribution in [2.75, 3.05) is 5.32 Å². The molecular weight excluding hydrogens is 238 g/mol. The molecule has 1 aliphatic heterocycles. The Kier molecular flexibility index (Phi) is 3.11. The lowest BCUT2D eigenvalue weighted by molar-refractivity contribution is -0.138. The first-order chi connectivity index (χ1) is 7.97. The monoisotopic (exact) mass is 251 g/mol. The van der Waals surface area contributed by atoms with E-state index >= 15 is 0 Å². The molecule has 0 spiro atoms. The predicted molar refractivity (Wildman–Crippen MR) is 66.4 cm³/mol. The van der Waals surface area contributed by atoms with Gasteiger partial charge in [-0.25, -0.2) is 0 Å². The molecule has 1 heterocycles. The number of amides is 1. The van der Waals surface area contributed by atoms with Gasteiger partial charge in [0.1, 0.15) is 0 Å². The van der Waals surface area contributed by atoms with Gasteiger partial charge in [-0.3, -0.25) is 9.59 Å². The number of carboxylic acid groups (broad SMARTS) is 1. The van der Waals surface area contributed by atoms with E-state index in [0.717, 1.165) is 21.7 Å². The lowest BCUT2D eigenvalue weighted by Crippen LogP contribution is -2.31. The molecule has 2 N–H and O–H groups in total. The van der Waals surface area contributed by atoms with Gasteiger partial charge in [-0.2, -0.15) is 0 Å². The highest BCUT2D eigenvalue weighted by atomic mass is 32.2. The number of fused-ring (bicyclic) bond motifs is 1. The summed E-state index contributed by atoms with van der Waals surface area (Å²) in [5.41, 5.74) is 2.93. The minimum Gasteiger partial charge on any atom is -0.481 e. The first-order valence-electron chi connectivity index (χ1n) is 5.28. The normalized spacial score (nSPS) is 18.5. The van der Waals surface area contributed by atoms with Crippen LogP contribution in [0.2, 0.25) is 0 Å². The molecule has 0 aliphatic carbocycles. The molecule has 0 bridgehead atoms. The van der Waals surface area contributed by atoms with Gasteiger partial charge in [0.05, 0.1) is 17.4 Å². The summed E-state index contributed by atoms with van der Waals surface area (Å²) in [5.74, 6) is -1.18. The molecule has 1 atom stereocenters. The third-order valence-corrected chi connectivity index (χ3v) is 3.85. The van der Waals surface area contributed by atoms with Crippen molar-refractivity contribution in [2.24, 2.45) is 0 Å². The van der Waals surface area contributed by atoms with Gasteiger partial charge in [-0.1, -0.05) is 6.07 Å². The first kappa shape index (κ1) is 12.0. The number of carbonyl (C=O) groups is 2. The average molecular weight is 251 g/mol. The molecule has 2 rings (SSSR count). The number of carbonyl (C=O) groups excluding carboxylic acids is 1. The maximum Gasteiger partial charge on any atom is 0.305 e. The van der Waals surface area contributed by atoms with Crippen molar-refractivity contribution in [3.05, 3.63) is 23.3 Å². The van der Waals surface area contributed by atoms with E-state index in [0.29, 0.717) is 0 Å². The lowest BCUT2D eigenvalue weighted by Gasteiger charge is -2.24. The van der Waals surface area contributed by atoms with Crippen LogP contribution in [0.15, 0.2) is 17.0 Å². The molecule has 17 heavy (non-hydrogen) atoms. The van der Waals surface area contributed by atoms with Crippen molar-refractivity contribution in [1.82, 2.24) is 0 Å². The van der Waals surface area contributed by atoms with Crippen molar-refractivity contribution in [3.63, 3.8) is 0 Å². The van der Waals surface area contributed by atoms with Gasteiger partial charge >= 0.3 is 5.97 Å². The first-order valence-corrected chi connectivity index (χ1v) is 6.16. The number of carboxylic acids is 1. The number of hydrogen-bond acceptors (Lipinski definition) is 3. The quantitative estimate of drug-likeness (QED) is 0.845. The summed E-state index contributed by atoms with van der Waals surface area (Å²) in [5, 5.41) is 11.0.